The smallest absolute Gasteiger partial charge is 0.397 e. The summed E-state index contributed by atoms with van der Waals surface area (Å²) in [6.45, 7) is 0.873. The van der Waals surface area contributed by atoms with Crippen molar-refractivity contribution in [3.05, 3.63) is 103 Å². The first kappa shape index (κ1) is 49.4. The molecule has 0 atom stereocenters. The maximum atomic E-state index is 13.2. The second-order valence-electron chi connectivity index (χ2n) is 13.8. The highest BCUT2D eigenvalue weighted by molar-refractivity contribution is 7.92. The van der Waals surface area contributed by atoms with Gasteiger partial charge in [-0.25, -0.2) is 21.0 Å². The van der Waals surface area contributed by atoms with E-state index in [4.69, 9.17) is 21.8 Å². The average Bonchev–Trinajstić information content (AvgIpc) is 3.23. The Morgan fingerprint density at radius 1 is 0.582 bits per heavy atom. The number of sulfone groups is 1. The number of nitrogens with zero attached hydrogens (tertiary/aromatic N) is 6. The third kappa shape index (κ3) is 11.9. The second-order valence-corrected chi connectivity index (χ2v) is 21.5. The van der Waals surface area contributed by atoms with Gasteiger partial charge in [0.25, 0.3) is 30.3 Å². The van der Waals surface area contributed by atoms with Crippen LogP contribution in [0, 0.1) is 6.92 Å². The fourth-order valence-electron chi connectivity index (χ4n) is 5.83. The molecule has 0 aromatic heterocycles. The molecule has 11 N–H and O–H groups in total. The van der Waals surface area contributed by atoms with Gasteiger partial charge < -0.3 is 22.3 Å². The molecule has 0 saturated heterocycles. The summed E-state index contributed by atoms with van der Waals surface area (Å²) in [5, 5.41) is 33.5. The van der Waals surface area contributed by atoms with Crippen LogP contribution in [0.5, 0.6) is 5.75 Å². The third-order valence-corrected chi connectivity index (χ3v) is 14.5. The summed E-state index contributed by atoms with van der Waals surface area (Å²) in [5.41, 5.74) is 18.3. The second kappa shape index (κ2) is 18.7. The van der Waals surface area contributed by atoms with Crippen molar-refractivity contribution >= 4 is 118 Å². The Hall–Kier alpha value is -7.03. The van der Waals surface area contributed by atoms with Crippen molar-refractivity contribution in [2.75, 3.05) is 34.3 Å². The van der Waals surface area contributed by atoms with Crippen molar-refractivity contribution in [2.45, 2.75) is 26.5 Å². The van der Waals surface area contributed by atoms with E-state index in [2.05, 4.69) is 39.6 Å². The number of rotatable bonds is 16. The van der Waals surface area contributed by atoms with Crippen LogP contribution in [0.3, 0.4) is 0 Å². The zero-order valence-electron chi connectivity index (χ0n) is 33.9. The van der Waals surface area contributed by atoms with Gasteiger partial charge in [0.15, 0.2) is 15.6 Å². The van der Waals surface area contributed by atoms with E-state index in [0.29, 0.717) is 34.9 Å². The lowest BCUT2D eigenvalue weighted by Crippen LogP contribution is -2.15. The molecule has 352 valence electrons. The minimum absolute atomic E-state index is 0.0100. The molecule has 0 heterocycles. The normalized spacial score (nSPS) is 13.0. The zero-order chi connectivity index (χ0) is 49.3. The van der Waals surface area contributed by atoms with E-state index >= 15 is 0 Å². The number of benzene rings is 6. The molecule has 6 rings (SSSR count). The van der Waals surface area contributed by atoms with Crippen LogP contribution in [0.2, 0.25) is 0 Å². The van der Waals surface area contributed by atoms with Crippen molar-refractivity contribution in [2.24, 2.45) is 30.7 Å². The number of sulfonamides is 1. The zero-order valence-corrected chi connectivity index (χ0v) is 38.0. The predicted octanol–water partition coefficient (Wildman–Crippen LogP) is 6.73. The Balaban J connectivity index is 1.26. The van der Waals surface area contributed by atoms with E-state index in [0.717, 1.165) is 29.8 Å². The van der Waals surface area contributed by atoms with Gasteiger partial charge >= 0.3 is 10.4 Å². The van der Waals surface area contributed by atoms with Crippen molar-refractivity contribution in [1.29, 1.82) is 0 Å². The number of phenols is 1. The Labute approximate surface area is 381 Å². The number of aryl methyl sites for hydroxylation is 1. The molecule has 0 aliphatic carbocycles. The molecule has 6 aromatic carbocycles. The highest BCUT2D eigenvalue weighted by atomic mass is 32.3. The van der Waals surface area contributed by atoms with Gasteiger partial charge in [0, 0.05) is 16.8 Å². The van der Waals surface area contributed by atoms with Crippen molar-refractivity contribution in [3.8, 4) is 5.75 Å². The minimum atomic E-state index is -5.36. The van der Waals surface area contributed by atoms with E-state index in [-0.39, 0.29) is 26.9 Å². The summed E-state index contributed by atoms with van der Waals surface area (Å²) in [4.78, 5) is -2.84. The van der Waals surface area contributed by atoms with Crippen LogP contribution in [-0.2, 0) is 54.7 Å². The summed E-state index contributed by atoms with van der Waals surface area (Å²) in [7, 11) is -23.9. The Morgan fingerprint density at radius 3 is 1.63 bits per heavy atom. The van der Waals surface area contributed by atoms with E-state index in [9.17, 15) is 56.3 Å². The topological polar surface area (TPSA) is 425 Å². The van der Waals surface area contributed by atoms with Crippen LogP contribution in [0.15, 0.2) is 147 Å². The number of nitrogens with two attached hydrogens (primary N) is 3. The Morgan fingerprint density at radius 2 is 1.09 bits per heavy atom. The number of aromatic hydroxyl groups is 1. The molecule has 67 heavy (non-hydrogen) atoms. The fourth-order valence-corrected chi connectivity index (χ4v) is 9.73. The first-order chi connectivity index (χ1) is 31.1. The number of phenolic OH excluding ortho intramolecular Hbond substituents is 1. The van der Waals surface area contributed by atoms with E-state index < -0.39 is 106 Å². The van der Waals surface area contributed by atoms with Gasteiger partial charge in [-0.15, -0.1) is 15.3 Å². The lowest BCUT2D eigenvalue weighted by Gasteiger charge is -2.14. The van der Waals surface area contributed by atoms with Crippen LogP contribution in [0.4, 0.5) is 56.9 Å². The number of hydrogen-bond donors (Lipinski definition) is 8. The van der Waals surface area contributed by atoms with Crippen LogP contribution in [0.25, 0.3) is 10.8 Å². The van der Waals surface area contributed by atoms with Crippen molar-refractivity contribution in [3.63, 3.8) is 0 Å². The van der Waals surface area contributed by atoms with Crippen molar-refractivity contribution in [1.82, 2.24) is 0 Å². The minimum Gasteiger partial charge on any atom is -0.505 e. The van der Waals surface area contributed by atoms with Crippen LogP contribution in [-0.4, -0.2) is 73.2 Å². The van der Waals surface area contributed by atoms with Crippen molar-refractivity contribution < 1.29 is 65.0 Å². The lowest BCUT2D eigenvalue weighted by atomic mass is 10.0. The van der Waals surface area contributed by atoms with Gasteiger partial charge in [0.1, 0.15) is 26.9 Å². The number of fused-ring (bicyclic) bond motifs is 1. The molecule has 0 bridgehead atoms. The largest absolute Gasteiger partial charge is 0.505 e. The summed E-state index contributed by atoms with van der Waals surface area (Å²) in [5.74, 6) is -2.05. The monoisotopic (exact) mass is 1020 g/mol. The van der Waals surface area contributed by atoms with Gasteiger partial charge in [-0.2, -0.15) is 40.6 Å². The maximum Gasteiger partial charge on any atom is 0.397 e. The Bertz CT molecular complexity index is 3610. The van der Waals surface area contributed by atoms with Gasteiger partial charge in [-0.05, 0) is 110 Å². The highest BCUT2D eigenvalue weighted by Crippen LogP contribution is 2.48. The molecule has 0 fully saturated rings. The molecule has 0 aliphatic heterocycles. The molecular weight excluding hydrogens is 985 g/mol. The molecule has 30 heteroatoms. The van der Waals surface area contributed by atoms with Gasteiger partial charge in [-0.3, -0.25) is 18.4 Å². The first-order valence-electron chi connectivity index (χ1n) is 18.3. The molecule has 0 unspecified atom stereocenters. The molecule has 0 amide bonds. The highest BCUT2D eigenvalue weighted by Gasteiger charge is 2.29. The molecule has 25 nitrogen and oxygen atoms in total. The van der Waals surface area contributed by atoms with Gasteiger partial charge in [0.05, 0.1) is 56.0 Å². The van der Waals surface area contributed by atoms with Crippen LogP contribution in [0.1, 0.15) is 5.56 Å². The van der Waals surface area contributed by atoms with E-state index in [1.54, 1.807) is 19.1 Å². The molecule has 0 spiro atoms. The summed E-state index contributed by atoms with van der Waals surface area (Å²) < 4.78 is 158. The lowest BCUT2D eigenvalue weighted by molar-refractivity contribution is 0.284. The van der Waals surface area contributed by atoms with Crippen LogP contribution < -0.4 is 21.9 Å². The molecule has 6 aromatic rings. The molecule has 0 saturated carbocycles. The summed E-state index contributed by atoms with van der Waals surface area (Å²) >= 11 is 0. The third-order valence-electron chi connectivity index (χ3n) is 9.15. The molecule has 0 aliphatic rings. The standard InChI is InChI=1S/C37H34N10O15S5/c1-20-16-30(29(39)18-28(20)38)44-41-21-2-4-24(5-3-21)47-64(51,52)26-12-8-22(9-13-26)42-45-31-19-32(65(53,54)55)27-17-33(66(56,57)58)36(37(48)34(27)35(31)40)46-43-23-6-10-25(11-7-23)63(49,50)15-14-62-67(59,60)61/h2-13,16-19,47-48H,14-15,38-40H2,1H3,(H,53,54,55)(H,56,57,58)(H,59,60,61). The number of azo groups is 3. The van der Waals surface area contributed by atoms with Gasteiger partial charge in [0.2, 0.25) is 0 Å². The number of nitrogens with one attached hydrogen (secondary N) is 1. The average molecular weight is 1020 g/mol. The molecule has 0 radical (unpaired) electrons. The summed E-state index contributed by atoms with van der Waals surface area (Å²) in [6, 6.07) is 19.2. The maximum absolute atomic E-state index is 13.2. The summed E-state index contributed by atoms with van der Waals surface area (Å²) in [6.07, 6.45) is 0. The van der Waals surface area contributed by atoms with Crippen LogP contribution >= 0.6 is 0 Å². The quantitative estimate of drug-likeness (QED) is 0.0283. The van der Waals surface area contributed by atoms with E-state index in [1.165, 1.54) is 48.5 Å². The molecular formula is C37H34N10O15S5. The van der Waals surface area contributed by atoms with Gasteiger partial charge in [-0.1, -0.05) is 0 Å². The van der Waals surface area contributed by atoms with E-state index in [1.807, 2.05) is 0 Å². The fraction of sp³-hybridized carbons (Fsp3) is 0.0811. The first-order valence-corrected chi connectivity index (χ1v) is 25.7. The SMILES string of the molecule is Cc1cc(N=Nc2ccc(NS(=O)(=O)c3ccc(N=Nc4cc(S(=O)(=O)O)c5cc(S(=O)(=O)O)c(N=Nc6ccc(S(=O)(=O)CCOS(=O)(=O)O)cc6)c(O)c5c4N)cc3)cc2)c(N)cc1N. The number of hydrogen-bond acceptors (Lipinski definition) is 21. The number of nitrogen functional groups attached to an aromatic ring is 3. The Kier molecular flexibility index (Phi) is 13.8. The number of anilines is 4. The predicted molar refractivity (Wildman–Crippen MR) is 242 cm³/mol.